The zero-order valence-electron chi connectivity index (χ0n) is 16.9. The topological polar surface area (TPSA) is 15.7 Å². The molecule has 3 aromatic carbocycles. The first-order chi connectivity index (χ1) is 14.3. The Labute approximate surface area is 173 Å². The molecule has 0 N–H and O–H groups in total. The summed E-state index contributed by atoms with van der Waals surface area (Å²) in [5.74, 6) is 1.39. The maximum atomic E-state index is 5.61. The minimum atomic E-state index is 0.396. The van der Waals surface area contributed by atoms with Crippen molar-refractivity contribution in [2.24, 2.45) is 0 Å². The van der Waals surface area contributed by atoms with Gasteiger partial charge in [0.2, 0.25) is 0 Å². The van der Waals surface area contributed by atoms with Crippen LogP contribution in [0, 0.1) is 0 Å². The summed E-state index contributed by atoms with van der Waals surface area (Å²) in [5, 5.41) is 0. The Morgan fingerprint density at radius 1 is 0.862 bits per heavy atom. The van der Waals surface area contributed by atoms with Crippen molar-refractivity contribution in [1.29, 1.82) is 0 Å². The van der Waals surface area contributed by atoms with Crippen LogP contribution in [-0.4, -0.2) is 42.2 Å². The Morgan fingerprint density at radius 3 is 2.14 bits per heavy atom. The standard InChI is InChI=1S/C26H28N2O/c1-29-24-15-9-8-14-22(24)18-28-19-27-17-16-23(28)26(27)25(20-10-4-2-5-11-20)21-12-6-3-7-13-21/h2-15,23,25-26H,16-19H2,1H3. The average Bonchev–Trinajstić information content (AvgIpc) is 3.33. The van der Waals surface area contributed by atoms with Crippen LogP contribution < -0.4 is 4.74 Å². The summed E-state index contributed by atoms with van der Waals surface area (Å²) in [4.78, 5) is 5.33. The summed E-state index contributed by atoms with van der Waals surface area (Å²) in [6.45, 7) is 3.16. The van der Waals surface area contributed by atoms with Crippen molar-refractivity contribution in [1.82, 2.24) is 9.80 Å². The zero-order chi connectivity index (χ0) is 19.6. The van der Waals surface area contributed by atoms with E-state index in [-0.39, 0.29) is 0 Å². The largest absolute Gasteiger partial charge is 0.496 e. The smallest absolute Gasteiger partial charge is 0.123 e. The minimum Gasteiger partial charge on any atom is -0.496 e. The molecule has 0 saturated carbocycles. The Kier molecular flexibility index (Phi) is 5.09. The molecule has 2 bridgehead atoms. The number of benzene rings is 3. The lowest BCUT2D eigenvalue weighted by Crippen LogP contribution is -2.36. The molecule has 0 spiro atoms. The van der Waals surface area contributed by atoms with Crippen LogP contribution in [-0.2, 0) is 6.54 Å². The van der Waals surface area contributed by atoms with Gasteiger partial charge in [0.25, 0.3) is 0 Å². The fourth-order valence-corrected chi connectivity index (χ4v) is 5.32. The Balaban J connectivity index is 1.47. The van der Waals surface area contributed by atoms with Crippen LogP contribution >= 0.6 is 0 Å². The van der Waals surface area contributed by atoms with Crippen molar-refractivity contribution >= 4 is 0 Å². The lowest BCUT2D eigenvalue weighted by Gasteiger charge is -2.30. The molecular weight excluding hydrogens is 356 g/mol. The van der Waals surface area contributed by atoms with Crippen LogP contribution in [0.15, 0.2) is 84.9 Å². The van der Waals surface area contributed by atoms with Gasteiger partial charge in [0.05, 0.1) is 13.8 Å². The van der Waals surface area contributed by atoms with Crippen molar-refractivity contribution < 1.29 is 4.74 Å². The quantitative estimate of drug-likeness (QED) is 0.610. The van der Waals surface area contributed by atoms with Gasteiger partial charge in [0.15, 0.2) is 0 Å². The van der Waals surface area contributed by atoms with Crippen LogP contribution in [0.5, 0.6) is 5.75 Å². The van der Waals surface area contributed by atoms with E-state index in [1.165, 1.54) is 29.7 Å². The summed E-state index contributed by atoms with van der Waals surface area (Å²) >= 11 is 0. The summed E-state index contributed by atoms with van der Waals surface area (Å²) < 4.78 is 5.61. The van der Waals surface area contributed by atoms with Gasteiger partial charge in [-0.05, 0) is 23.6 Å². The number of methoxy groups -OCH3 is 1. The first-order valence-electron chi connectivity index (χ1n) is 10.5. The number of nitrogens with zero attached hydrogens (tertiary/aromatic N) is 2. The van der Waals surface area contributed by atoms with Gasteiger partial charge in [0, 0.05) is 36.7 Å². The van der Waals surface area contributed by atoms with Gasteiger partial charge in [-0.15, -0.1) is 0 Å². The number of rotatable bonds is 6. The van der Waals surface area contributed by atoms with Crippen molar-refractivity contribution in [2.45, 2.75) is 31.0 Å². The third-order valence-corrected chi connectivity index (χ3v) is 6.59. The molecule has 0 aliphatic carbocycles. The molecule has 3 unspecified atom stereocenters. The van der Waals surface area contributed by atoms with E-state index in [0.717, 1.165) is 19.0 Å². The molecule has 2 aliphatic heterocycles. The molecular formula is C26H28N2O. The van der Waals surface area contributed by atoms with Crippen LogP contribution in [0.2, 0.25) is 0 Å². The van der Waals surface area contributed by atoms with E-state index in [1.54, 1.807) is 7.11 Å². The highest BCUT2D eigenvalue weighted by molar-refractivity contribution is 5.37. The highest BCUT2D eigenvalue weighted by Gasteiger charge is 2.49. The molecule has 148 valence electrons. The van der Waals surface area contributed by atoms with Crippen molar-refractivity contribution in [3.63, 3.8) is 0 Å². The molecule has 2 saturated heterocycles. The monoisotopic (exact) mass is 384 g/mol. The molecule has 0 amide bonds. The van der Waals surface area contributed by atoms with Crippen LogP contribution in [0.1, 0.15) is 29.0 Å². The molecule has 3 nitrogen and oxygen atoms in total. The van der Waals surface area contributed by atoms with Gasteiger partial charge in [0.1, 0.15) is 5.75 Å². The Morgan fingerprint density at radius 2 is 1.48 bits per heavy atom. The molecule has 29 heavy (non-hydrogen) atoms. The number of hydrogen-bond acceptors (Lipinski definition) is 3. The number of para-hydroxylation sites is 1. The van der Waals surface area contributed by atoms with E-state index in [2.05, 4.69) is 88.7 Å². The maximum absolute atomic E-state index is 5.61. The molecule has 3 atom stereocenters. The number of fused-ring (bicyclic) bond motifs is 2. The summed E-state index contributed by atoms with van der Waals surface area (Å²) in [6.07, 6.45) is 1.23. The van der Waals surface area contributed by atoms with Gasteiger partial charge < -0.3 is 4.74 Å². The highest BCUT2D eigenvalue weighted by atomic mass is 16.5. The SMILES string of the molecule is COc1ccccc1CN1CN2CCC1C2C(c1ccccc1)c1ccccc1. The Bertz CT molecular complexity index is 904. The van der Waals surface area contributed by atoms with Crippen LogP contribution in [0.4, 0.5) is 0 Å². The second-order valence-electron chi connectivity index (χ2n) is 8.16. The van der Waals surface area contributed by atoms with Crippen molar-refractivity contribution in [3.8, 4) is 5.75 Å². The third kappa shape index (κ3) is 3.45. The van der Waals surface area contributed by atoms with Crippen molar-refractivity contribution in [2.75, 3.05) is 20.3 Å². The second-order valence-corrected chi connectivity index (χ2v) is 8.16. The fourth-order valence-electron chi connectivity index (χ4n) is 5.32. The number of hydrogen-bond donors (Lipinski definition) is 0. The third-order valence-electron chi connectivity index (χ3n) is 6.59. The van der Waals surface area contributed by atoms with E-state index in [0.29, 0.717) is 18.0 Å². The average molecular weight is 385 g/mol. The molecule has 0 aromatic heterocycles. The first kappa shape index (κ1) is 18.4. The predicted octanol–water partition coefficient (Wildman–Crippen LogP) is 4.74. The van der Waals surface area contributed by atoms with E-state index in [4.69, 9.17) is 4.74 Å². The fraction of sp³-hybridized carbons (Fsp3) is 0.308. The zero-order valence-corrected chi connectivity index (χ0v) is 16.9. The summed E-state index contributed by atoms with van der Waals surface area (Å²) in [7, 11) is 1.77. The molecule has 2 aliphatic rings. The van der Waals surface area contributed by atoms with Crippen LogP contribution in [0.25, 0.3) is 0 Å². The van der Waals surface area contributed by atoms with Gasteiger partial charge in [-0.3, -0.25) is 9.80 Å². The molecule has 0 radical (unpaired) electrons. The molecule has 2 heterocycles. The first-order valence-corrected chi connectivity index (χ1v) is 10.5. The van der Waals surface area contributed by atoms with E-state index in [9.17, 15) is 0 Å². The maximum Gasteiger partial charge on any atom is 0.123 e. The van der Waals surface area contributed by atoms with Gasteiger partial charge in [-0.2, -0.15) is 0 Å². The second kappa shape index (κ2) is 8.02. The summed E-state index contributed by atoms with van der Waals surface area (Å²) in [5.41, 5.74) is 4.11. The lowest BCUT2D eigenvalue weighted by molar-refractivity contribution is 0.164. The molecule has 3 aromatic rings. The normalized spacial score (nSPS) is 23.6. The molecule has 5 rings (SSSR count). The molecule has 3 heteroatoms. The summed E-state index contributed by atoms with van der Waals surface area (Å²) in [6, 6.07) is 31.6. The van der Waals surface area contributed by atoms with Crippen LogP contribution in [0.3, 0.4) is 0 Å². The van der Waals surface area contributed by atoms with Gasteiger partial charge >= 0.3 is 0 Å². The highest BCUT2D eigenvalue weighted by Crippen LogP contribution is 2.43. The van der Waals surface area contributed by atoms with E-state index < -0.39 is 0 Å². The van der Waals surface area contributed by atoms with E-state index >= 15 is 0 Å². The van der Waals surface area contributed by atoms with Crippen molar-refractivity contribution in [3.05, 3.63) is 102 Å². The van der Waals surface area contributed by atoms with E-state index in [1.807, 2.05) is 6.07 Å². The minimum absolute atomic E-state index is 0.396. The number of ether oxygens (including phenoxy) is 1. The predicted molar refractivity (Wildman–Crippen MR) is 117 cm³/mol. The molecule has 2 fully saturated rings. The van der Waals surface area contributed by atoms with Gasteiger partial charge in [-0.1, -0.05) is 78.9 Å². The van der Waals surface area contributed by atoms with Gasteiger partial charge in [-0.25, -0.2) is 0 Å². The lowest BCUT2D eigenvalue weighted by atomic mass is 9.82. The Hall–Kier alpha value is -2.62.